The smallest absolute Gasteiger partial charge is 0.218 e. The van der Waals surface area contributed by atoms with Crippen molar-refractivity contribution < 1.29 is 8.42 Å². The number of nitrogens with zero attached hydrogens (tertiary/aromatic N) is 2. The molecule has 1 aliphatic heterocycles. The van der Waals surface area contributed by atoms with Gasteiger partial charge in [0, 0.05) is 25.2 Å². The largest absolute Gasteiger partial charge is 0.389 e. The lowest BCUT2D eigenvalue weighted by atomic mass is 10.1. The van der Waals surface area contributed by atoms with Gasteiger partial charge >= 0.3 is 0 Å². The van der Waals surface area contributed by atoms with Gasteiger partial charge in [0.05, 0.1) is 5.75 Å². The topological polar surface area (TPSA) is 66.6 Å². The predicted molar refractivity (Wildman–Crippen MR) is 88.6 cm³/mol. The molecule has 0 saturated carbocycles. The minimum Gasteiger partial charge on any atom is -0.389 e. The number of sulfonamides is 1. The molecule has 1 aromatic carbocycles. The number of likely N-dealkylation sites (N-methyl/N-ethyl adjacent to an activating group) is 1. The maximum atomic E-state index is 12.5. The Kier molecular flexibility index (Phi) is 5.32. The number of hydrogen-bond acceptors (Lipinski definition) is 4. The number of hydrogen-bond donors (Lipinski definition) is 1. The molecular weight excluding hydrogens is 306 g/mol. The van der Waals surface area contributed by atoms with Gasteiger partial charge in [0.1, 0.15) is 4.99 Å². The van der Waals surface area contributed by atoms with Crippen molar-refractivity contribution in [3.05, 3.63) is 35.4 Å². The molecule has 2 rings (SSSR count). The highest BCUT2D eigenvalue weighted by Crippen LogP contribution is 2.15. The Morgan fingerprint density at radius 1 is 1.29 bits per heavy atom. The molecule has 1 aliphatic rings. The van der Waals surface area contributed by atoms with Crippen LogP contribution >= 0.6 is 12.2 Å². The summed E-state index contributed by atoms with van der Waals surface area (Å²) in [4.78, 5) is 2.44. The van der Waals surface area contributed by atoms with E-state index in [1.54, 1.807) is 28.6 Å². The molecule has 0 aliphatic carbocycles. The molecule has 116 valence electrons. The Labute approximate surface area is 131 Å². The highest BCUT2D eigenvalue weighted by Gasteiger charge is 2.24. The van der Waals surface area contributed by atoms with Crippen molar-refractivity contribution in [3.63, 3.8) is 0 Å². The van der Waals surface area contributed by atoms with E-state index >= 15 is 0 Å². The fourth-order valence-electron chi connectivity index (χ4n) is 2.42. The monoisotopic (exact) mass is 327 g/mol. The molecule has 0 spiro atoms. The van der Waals surface area contributed by atoms with Crippen molar-refractivity contribution in [1.29, 1.82) is 0 Å². The summed E-state index contributed by atoms with van der Waals surface area (Å²) in [6, 6.07) is 7.13. The number of thiocarbonyl (C=S) groups is 1. The van der Waals surface area contributed by atoms with E-state index in [1.807, 2.05) is 7.05 Å². The van der Waals surface area contributed by atoms with Crippen LogP contribution in [0.5, 0.6) is 0 Å². The van der Waals surface area contributed by atoms with E-state index in [0.29, 0.717) is 18.7 Å². The fraction of sp³-hybridized carbons (Fsp3) is 0.500. The summed E-state index contributed by atoms with van der Waals surface area (Å²) >= 11 is 4.93. The van der Waals surface area contributed by atoms with E-state index < -0.39 is 10.0 Å². The molecular formula is C14H21N3O2S2. The van der Waals surface area contributed by atoms with Crippen molar-refractivity contribution in [2.24, 2.45) is 5.73 Å². The van der Waals surface area contributed by atoms with Gasteiger partial charge in [-0.15, -0.1) is 0 Å². The molecule has 0 amide bonds. The zero-order valence-corrected chi connectivity index (χ0v) is 13.8. The fourth-order valence-corrected chi connectivity index (χ4v) is 4.09. The number of benzene rings is 1. The van der Waals surface area contributed by atoms with Crippen LogP contribution in [0, 0.1) is 0 Å². The number of rotatable bonds is 4. The minimum absolute atomic E-state index is 0.00678. The van der Waals surface area contributed by atoms with Crippen LogP contribution < -0.4 is 5.73 Å². The van der Waals surface area contributed by atoms with Gasteiger partial charge in [-0.1, -0.05) is 30.4 Å². The Balaban J connectivity index is 2.13. The Morgan fingerprint density at radius 3 is 2.76 bits per heavy atom. The zero-order chi connectivity index (χ0) is 15.5. The third kappa shape index (κ3) is 4.47. The van der Waals surface area contributed by atoms with Crippen molar-refractivity contribution in [2.45, 2.75) is 12.2 Å². The summed E-state index contributed by atoms with van der Waals surface area (Å²) in [6.45, 7) is 2.84. The van der Waals surface area contributed by atoms with E-state index in [0.717, 1.165) is 25.1 Å². The average molecular weight is 327 g/mol. The normalized spacial score (nSPS) is 18.3. The van der Waals surface area contributed by atoms with E-state index in [1.165, 1.54) is 0 Å². The van der Waals surface area contributed by atoms with Gasteiger partial charge in [-0.3, -0.25) is 0 Å². The van der Waals surface area contributed by atoms with Gasteiger partial charge in [0.15, 0.2) is 0 Å². The highest BCUT2D eigenvalue weighted by molar-refractivity contribution is 7.88. The lowest BCUT2D eigenvalue weighted by Gasteiger charge is -2.20. The molecule has 0 bridgehead atoms. The van der Waals surface area contributed by atoms with Gasteiger partial charge in [0.25, 0.3) is 0 Å². The number of nitrogens with two attached hydrogens (primary N) is 1. The van der Waals surface area contributed by atoms with Crippen LogP contribution in [0.3, 0.4) is 0 Å². The SMILES string of the molecule is CN1CCCN(S(=O)(=O)Cc2cccc(C(N)=S)c2)CC1. The van der Waals surface area contributed by atoms with Crippen LogP contribution in [0.2, 0.25) is 0 Å². The van der Waals surface area contributed by atoms with Crippen LogP contribution in [0.1, 0.15) is 17.5 Å². The molecule has 0 atom stereocenters. The first-order valence-corrected chi connectivity index (χ1v) is 8.95. The standard InChI is InChI=1S/C14H21N3O2S2/c1-16-6-3-7-17(9-8-16)21(18,19)11-12-4-2-5-13(10-12)14(15)20/h2,4-5,10H,3,6-9,11H2,1H3,(H2,15,20). The van der Waals surface area contributed by atoms with Crippen LogP contribution in [0.4, 0.5) is 0 Å². The van der Waals surface area contributed by atoms with Crippen LogP contribution in [-0.4, -0.2) is 55.8 Å². The molecule has 5 nitrogen and oxygen atoms in total. The first-order valence-electron chi connectivity index (χ1n) is 6.93. The van der Waals surface area contributed by atoms with Crippen LogP contribution in [-0.2, 0) is 15.8 Å². The first-order chi connectivity index (χ1) is 9.88. The van der Waals surface area contributed by atoms with Gasteiger partial charge < -0.3 is 10.6 Å². The van der Waals surface area contributed by atoms with Crippen LogP contribution in [0.15, 0.2) is 24.3 Å². The average Bonchev–Trinajstić information content (AvgIpc) is 2.64. The van der Waals surface area contributed by atoms with E-state index in [4.69, 9.17) is 18.0 Å². The Bertz CT molecular complexity index is 616. The summed E-state index contributed by atoms with van der Waals surface area (Å²) in [7, 11) is -1.29. The van der Waals surface area contributed by atoms with Gasteiger partial charge in [-0.05, 0) is 31.6 Å². The van der Waals surface area contributed by atoms with Crippen molar-refractivity contribution >= 4 is 27.2 Å². The zero-order valence-electron chi connectivity index (χ0n) is 12.2. The second kappa shape index (κ2) is 6.83. The third-order valence-corrected chi connectivity index (χ3v) is 5.72. The Morgan fingerprint density at radius 2 is 2.05 bits per heavy atom. The van der Waals surface area contributed by atoms with E-state index in [9.17, 15) is 8.42 Å². The summed E-state index contributed by atoms with van der Waals surface area (Å²) in [6.07, 6.45) is 0.864. The van der Waals surface area contributed by atoms with Gasteiger partial charge in [-0.25, -0.2) is 12.7 Å². The second-order valence-electron chi connectivity index (χ2n) is 5.38. The second-order valence-corrected chi connectivity index (χ2v) is 7.79. The van der Waals surface area contributed by atoms with Gasteiger partial charge in [0.2, 0.25) is 10.0 Å². The molecule has 1 fully saturated rings. The lowest BCUT2D eigenvalue weighted by Crippen LogP contribution is -2.35. The molecule has 0 aromatic heterocycles. The molecule has 1 aromatic rings. The maximum absolute atomic E-state index is 12.5. The summed E-state index contributed by atoms with van der Waals surface area (Å²) in [5, 5.41) is 0. The first kappa shape index (κ1) is 16.4. The molecule has 2 N–H and O–H groups in total. The van der Waals surface area contributed by atoms with Crippen molar-refractivity contribution in [1.82, 2.24) is 9.21 Å². The predicted octanol–water partition coefficient (Wildman–Crippen LogP) is 0.788. The van der Waals surface area contributed by atoms with Crippen molar-refractivity contribution in [3.8, 4) is 0 Å². The van der Waals surface area contributed by atoms with E-state index in [-0.39, 0.29) is 10.7 Å². The third-order valence-electron chi connectivity index (χ3n) is 3.63. The molecule has 7 heteroatoms. The molecule has 21 heavy (non-hydrogen) atoms. The summed E-state index contributed by atoms with van der Waals surface area (Å²) in [5.41, 5.74) is 7.01. The highest BCUT2D eigenvalue weighted by atomic mass is 32.2. The molecule has 0 unspecified atom stereocenters. The lowest BCUT2D eigenvalue weighted by molar-refractivity contribution is 0.347. The molecule has 1 heterocycles. The minimum atomic E-state index is -3.30. The van der Waals surface area contributed by atoms with Crippen LogP contribution in [0.25, 0.3) is 0 Å². The molecule has 0 radical (unpaired) electrons. The summed E-state index contributed by atoms with van der Waals surface area (Å²) < 4.78 is 26.7. The Hall–Kier alpha value is -1.02. The van der Waals surface area contributed by atoms with E-state index in [2.05, 4.69) is 4.90 Å². The quantitative estimate of drug-likeness (QED) is 0.828. The van der Waals surface area contributed by atoms with Crippen molar-refractivity contribution in [2.75, 3.05) is 33.2 Å². The molecule has 1 saturated heterocycles. The van der Waals surface area contributed by atoms with Gasteiger partial charge in [-0.2, -0.15) is 0 Å². The maximum Gasteiger partial charge on any atom is 0.218 e. The summed E-state index contributed by atoms with van der Waals surface area (Å²) in [5.74, 6) is -0.00678.